The summed E-state index contributed by atoms with van der Waals surface area (Å²) in [5.41, 5.74) is 2.79. The molecular formula is C18H14FNOS2. The molecule has 1 heterocycles. The van der Waals surface area contributed by atoms with Gasteiger partial charge in [-0.3, -0.25) is 9.69 Å². The van der Waals surface area contributed by atoms with Crippen LogP contribution in [0.5, 0.6) is 0 Å². The van der Waals surface area contributed by atoms with Crippen molar-refractivity contribution in [3.63, 3.8) is 0 Å². The van der Waals surface area contributed by atoms with E-state index in [1.165, 1.54) is 34.4 Å². The Hall–Kier alpha value is -1.98. The van der Waals surface area contributed by atoms with Crippen LogP contribution in [0.3, 0.4) is 0 Å². The number of nitrogens with zero attached hydrogens (tertiary/aromatic N) is 1. The standard InChI is InChI=1S/C18H14FNOS2/c1-2-12-3-5-13(6-4-12)11-16-17(21)20(18(22)23-16)15-9-7-14(19)8-10-15/h3-11H,2H2,1H3. The van der Waals surface area contributed by atoms with Crippen LogP contribution >= 0.6 is 24.0 Å². The summed E-state index contributed by atoms with van der Waals surface area (Å²) in [4.78, 5) is 14.6. The van der Waals surface area contributed by atoms with Gasteiger partial charge in [-0.15, -0.1) is 0 Å². The van der Waals surface area contributed by atoms with Crippen molar-refractivity contribution in [1.82, 2.24) is 0 Å². The molecule has 0 spiro atoms. The monoisotopic (exact) mass is 343 g/mol. The van der Waals surface area contributed by atoms with Gasteiger partial charge in [0.2, 0.25) is 0 Å². The van der Waals surface area contributed by atoms with Gasteiger partial charge < -0.3 is 0 Å². The van der Waals surface area contributed by atoms with Crippen molar-refractivity contribution in [2.45, 2.75) is 13.3 Å². The SMILES string of the molecule is CCc1ccc(C=C2SC(=S)N(c3ccc(F)cc3)C2=O)cc1. The van der Waals surface area contributed by atoms with Crippen molar-refractivity contribution in [2.24, 2.45) is 0 Å². The number of rotatable bonds is 3. The van der Waals surface area contributed by atoms with Crippen LogP contribution in [0.2, 0.25) is 0 Å². The smallest absolute Gasteiger partial charge is 0.268 e. The first-order valence-electron chi connectivity index (χ1n) is 7.21. The molecule has 1 fully saturated rings. The molecule has 1 aliphatic rings. The maximum atomic E-state index is 13.0. The molecule has 0 aliphatic carbocycles. The Morgan fingerprint density at radius 1 is 1.13 bits per heavy atom. The van der Waals surface area contributed by atoms with Gasteiger partial charge >= 0.3 is 0 Å². The molecule has 0 aromatic heterocycles. The maximum Gasteiger partial charge on any atom is 0.270 e. The zero-order valence-corrected chi connectivity index (χ0v) is 14.1. The number of thiocarbonyl (C=S) groups is 1. The Balaban J connectivity index is 1.88. The highest BCUT2D eigenvalue weighted by Gasteiger charge is 2.33. The third kappa shape index (κ3) is 3.35. The fourth-order valence-electron chi connectivity index (χ4n) is 2.28. The van der Waals surface area contributed by atoms with Gasteiger partial charge in [-0.1, -0.05) is 55.2 Å². The van der Waals surface area contributed by atoms with E-state index in [4.69, 9.17) is 12.2 Å². The summed E-state index contributed by atoms with van der Waals surface area (Å²) in [5, 5.41) is 0. The molecule has 0 saturated carbocycles. The zero-order chi connectivity index (χ0) is 16.4. The summed E-state index contributed by atoms with van der Waals surface area (Å²) in [6, 6.07) is 13.8. The van der Waals surface area contributed by atoms with Gasteiger partial charge in [0, 0.05) is 0 Å². The molecule has 1 aliphatic heterocycles. The number of amides is 1. The van der Waals surface area contributed by atoms with Gasteiger partial charge in [-0.25, -0.2) is 4.39 Å². The van der Waals surface area contributed by atoms with Gasteiger partial charge in [0.05, 0.1) is 10.6 Å². The first kappa shape index (κ1) is 15.9. The summed E-state index contributed by atoms with van der Waals surface area (Å²) in [7, 11) is 0. The van der Waals surface area contributed by atoms with Crippen molar-refractivity contribution in [3.05, 3.63) is 70.4 Å². The fraction of sp³-hybridized carbons (Fsp3) is 0.111. The van der Waals surface area contributed by atoms with Crippen LogP contribution in [0, 0.1) is 5.82 Å². The minimum atomic E-state index is -0.342. The number of benzene rings is 2. The second-order valence-corrected chi connectivity index (χ2v) is 6.76. The summed E-state index contributed by atoms with van der Waals surface area (Å²) in [6.07, 6.45) is 2.81. The number of thioether (sulfide) groups is 1. The molecule has 5 heteroatoms. The summed E-state index contributed by atoms with van der Waals surface area (Å²) in [6.45, 7) is 2.10. The van der Waals surface area contributed by atoms with E-state index < -0.39 is 0 Å². The van der Waals surface area contributed by atoms with Gasteiger partial charge in [-0.2, -0.15) is 0 Å². The average molecular weight is 343 g/mol. The molecule has 3 rings (SSSR count). The fourth-order valence-corrected chi connectivity index (χ4v) is 3.58. The van der Waals surface area contributed by atoms with E-state index in [1.54, 1.807) is 12.1 Å². The normalized spacial score (nSPS) is 16.4. The largest absolute Gasteiger partial charge is 0.270 e. The highest BCUT2D eigenvalue weighted by atomic mass is 32.2. The van der Waals surface area contributed by atoms with Gasteiger partial charge in [0.1, 0.15) is 5.82 Å². The minimum Gasteiger partial charge on any atom is -0.268 e. The molecule has 0 bridgehead atoms. The lowest BCUT2D eigenvalue weighted by molar-refractivity contribution is -0.113. The van der Waals surface area contributed by atoms with Gasteiger partial charge in [0.15, 0.2) is 4.32 Å². The van der Waals surface area contributed by atoms with Crippen molar-refractivity contribution in [3.8, 4) is 0 Å². The number of hydrogen-bond donors (Lipinski definition) is 0. The van der Waals surface area contributed by atoms with Crippen molar-refractivity contribution < 1.29 is 9.18 Å². The molecular weight excluding hydrogens is 329 g/mol. The van der Waals surface area contributed by atoms with Crippen LogP contribution in [0.15, 0.2) is 53.4 Å². The van der Waals surface area contributed by atoms with Crippen LogP contribution in [0.1, 0.15) is 18.1 Å². The predicted octanol–water partition coefficient (Wildman–Crippen LogP) is 4.79. The Bertz CT molecular complexity index is 782. The first-order chi connectivity index (χ1) is 11.1. The first-order valence-corrected chi connectivity index (χ1v) is 8.43. The van der Waals surface area contributed by atoms with E-state index in [0.717, 1.165) is 12.0 Å². The highest BCUT2D eigenvalue weighted by molar-refractivity contribution is 8.27. The van der Waals surface area contributed by atoms with Gasteiger partial charge in [-0.05, 0) is 47.9 Å². The number of halogens is 1. The highest BCUT2D eigenvalue weighted by Crippen LogP contribution is 2.36. The summed E-state index contributed by atoms with van der Waals surface area (Å²) in [5.74, 6) is -0.517. The quantitative estimate of drug-likeness (QED) is 0.590. The number of hydrogen-bond acceptors (Lipinski definition) is 3. The van der Waals surface area contributed by atoms with Crippen LogP contribution in [-0.2, 0) is 11.2 Å². The van der Waals surface area contributed by atoms with E-state index in [9.17, 15) is 9.18 Å². The van der Waals surface area contributed by atoms with Gasteiger partial charge in [0.25, 0.3) is 5.91 Å². The van der Waals surface area contributed by atoms with Crippen molar-refractivity contribution in [1.29, 1.82) is 0 Å². The van der Waals surface area contributed by atoms with E-state index >= 15 is 0 Å². The summed E-state index contributed by atoms with van der Waals surface area (Å²) >= 11 is 6.56. The molecule has 0 N–H and O–H groups in total. The Kier molecular flexibility index (Phi) is 4.59. The number of carbonyl (C=O) groups excluding carboxylic acids is 1. The molecule has 0 radical (unpaired) electrons. The second kappa shape index (κ2) is 6.64. The molecule has 2 aromatic rings. The third-order valence-corrected chi connectivity index (χ3v) is 4.87. The van der Waals surface area contributed by atoms with E-state index in [2.05, 4.69) is 6.92 Å². The number of anilines is 1. The molecule has 2 aromatic carbocycles. The van der Waals surface area contributed by atoms with E-state index in [1.807, 2.05) is 30.3 Å². The lowest BCUT2D eigenvalue weighted by atomic mass is 10.1. The Morgan fingerprint density at radius 3 is 2.39 bits per heavy atom. The molecule has 1 amide bonds. The Morgan fingerprint density at radius 2 is 1.78 bits per heavy atom. The predicted molar refractivity (Wildman–Crippen MR) is 97.9 cm³/mol. The lowest BCUT2D eigenvalue weighted by Crippen LogP contribution is -2.27. The summed E-state index contributed by atoms with van der Waals surface area (Å²) < 4.78 is 13.5. The van der Waals surface area contributed by atoms with Crippen LogP contribution in [-0.4, -0.2) is 10.2 Å². The van der Waals surface area contributed by atoms with Crippen LogP contribution < -0.4 is 4.90 Å². The molecule has 1 saturated heterocycles. The lowest BCUT2D eigenvalue weighted by Gasteiger charge is -2.14. The molecule has 0 unspecified atom stereocenters. The van der Waals surface area contributed by atoms with E-state index in [-0.39, 0.29) is 11.7 Å². The molecule has 23 heavy (non-hydrogen) atoms. The van der Waals surface area contributed by atoms with E-state index in [0.29, 0.717) is 14.9 Å². The Labute approximate surface area is 144 Å². The molecule has 116 valence electrons. The average Bonchev–Trinajstić information content (AvgIpc) is 2.83. The molecule has 2 nitrogen and oxygen atoms in total. The topological polar surface area (TPSA) is 20.3 Å². The number of carbonyl (C=O) groups is 1. The van der Waals surface area contributed by atoms with Crippen LogP contribution in [0.25, 0.3) is 6.08 Å². The van der Waals surface area contributed by atoms with Crippen LogP contribution in [0.4, 0.5) is 10.1 Å². The third-order valence-electron chi connectivity index (χ3n) is 3.56. The second-order valence-electron chi connectivity index (χ2n) is 5.09. The zero-order valence-electron chi connectivity index (χ0n) is 12.5. The number of aryl methyl sites for hydroxylation is 1. The molecule has 0 atom stereocenters. The minimum absolute atomic E-state index is 0.175. The maximum absolute atomic E-state index is 13.0. The van der Waals surface area contributed by atoms with Crippen molar-refractivity contribution >= 4 is 46.0 Å². The van der Waals surface area contributed by atoms with Crippen molar-refractivity contribution in [2.75, 3.05) is 4.90 Å².